The number of carbonyl (C=O) groups excluding carboxylic acids is 1. The lowest BCUT2D eigenvalue weighted by Gasteiger charge is -2.45. The van der Waals surface area contributed by atoms with Crippen molar-refractivity contribution in [2.24, 2.45) is 11.5 Å². The molecule has 0 radical (unpaired) electrons. The van der Waals surface area contributed by atoms with Crippen LogP contribution in [0.3, 0.4) is 0 Å². The van der Waals surface area contributed by atoms with E-state index >= 15 is 0 Å². The lowest BCUT2D eigenvalue weighted by atomic mass is 9.67. The number of carbonyl (C=O) groups is 1. The molecule has 124 valence electrons. The monoisotopic (exact) mass is 327 g/mol. The number of methoxy groups -OCH3 is 1. The summed E-state index contributed by atoms with van der Waals surface area (Å²) in [6.07, 6.45) is 0.898. The van der Waals surface area contributed by atoms with E-state index in [0.717, 1.165) is 18.5 Å². The number of fused-ring (bicyclic) bond motifs is 1. The summed E-state index contributed by atoms with van der Waals surface area (Å²) in [5.41, 5.74) is 13.8. The van der Waals surface area contributed by atoms with Crippen LogP contribution in [0, 0.1) is 0 Å². The lowest BCUT2D eigenvalue weighted by molar-refractivity contribution is 0.0361. The first kappa shape index (κ1) is 18.9. The Morgan fingerprint density at radius 1 is 1.45 bits per heavy atom. The summed E-state index contributed by atoms with van der Waals surface area (Å²) < 4.78 is 5.68. The number of benzene rings is 1. The van der Waals surface area contributed by atoms with Crippen molar-refractivity contribution in [1.82, 2.24) is 5.32 Å². The quantitative estimate of drug-likeness (QED) is 0.751. The summed E-state index contributed by atoms with van der Waals surface area (Å²) in [6, 6.07) is 5.84. The molecule has 22 heavy (non-hydrogen) atoms. The number of nitrogens with one attached hydrogen (secondary N) is 1. The van der Waals surface area contributed by atoms with Crippen LogP contribution in [0.15, 0.2) is 18.2 Å². The lowest BCUT2D eigenvalue weighted by Crippen LogP contribution is -2.57. The molecule has 0 saturated carbocycles. The van der Waals surface area contributed by atoms with Gasteiger partial charge in [-0.15, -0.1) is 12.4 Å². The van der Waals surface area contributed by atoms with Crippen LogP contribution in [-0.2, 0) is 16.6 Å². The van der Waals surface area contributed by atoms with E-state index in [0.29, 0.717) is 12.1 Å². The van der Waals surface area contributed by atoms with Gasteiger partial charge in [-0.05, 0) is 23.3 Å². The van der Waals surface area contributed by atoms with Crippen LogP contribution < -0.4 is 16.8 Å². The Labute approximate surface area is 138 Å². The molecule has 0 bridgehead atoms. The summed E-state index contributed by atoms with van der Waals surface area (Å²) in [4.78, 5) is 11.4. The second kappa shape index (κ2) is 7.42. The van der Waals surface area contributed by atoms with Gasteiger partial charge in [0.25, 0.3) is 0 Å². The molecule has 0 fully saturated rings. The summed E-state index contributed by atoms with van der Waals surface area (Å²) in [7, 11) is 1.74. The Hall–Kier alpha value is -1.14. The molecule has 0 aliphatic heterocycles. The third-order valence-corrected chi connectivity index (χ3v) is 4.47. The van der Waals surface area contributed by atoms with Crippen LogP contribution in [0.25, 0.3) is 0 Å². The van der Waals surface area contributed by atoms with Crippen molar-refractivity contribution in [2.75, 3.05) is 20.2 Å². The summed E-state index contributed by atoms with van der Waals surface area (Å²) in [5, 5.41) is 3.49. The number of amides is 1. The molecule has 1 amide bonds. The van der Waals surface area contributed by atoms with Crippen LogP contribution in [0.4, 0.5) is 0 Å². The SMILES string of the molecule is COC1Cc2ccc(C(N)=O)cc2C(C)(C)C1NCCN.Cl. The van der Waals surface area contributed by atoms with Crippen molar-refractivity contribution in [2.45, 2.75) is 37.8 Å². The van der Waals surface area contributed by atoms with Crippen LogP contribution in [0.1, 0.15) is 35.3 Å². The molecule has 5 N–H and O–H groups in total. The number of hydrogen-bond donors (Lipinski definition) is 3. The van der Waals surface area contributed by atoms with Gasteiger partial charge in [0.15, 0.2) is 0 Å². The van der Waals surface area contributed by atoms with Gasteiger partial charge in [0.1, 0.15) is 0 Å². The zero-order valence-corrected chi connectivity index (χ0v) is 14.2. The van der Waals surface area contributed by atoms with Gasteiger partial charge >= 0.3 is 0 Å². The first-order chi connectivity index (χ1) is 9.91. The predicted molar refractivity (Wildman–Crippen MR) is 90.6 cm³/mol. The van der Waals surface area contributed by atoms with Crippen molar-refractivity contribution in [1.29, 1.82) is 0 Å². The first-order valence-corrected chi connectivity index (χ1v) is 7.31. The highest BCUT2D eigenvalue weighted by Crippen LogP contribution is 2.38. The van der Waals surface area contributed by atoms with Crippen LogP contribution in [0.2, 0.25) is 0 Å². The van der Waals surface area contributed by atoms with Gasteiger partial charge in [0.05, 0.1) is 6.10 Å². The molecule has 2 atom stereocenters. The molecule has 1 aromatic rings. The van der Waals surface area contributed by atoms with Gasteiger partial charge in [-0.1, -0.05) is 19.9 Å². The van der Waals surface area contributed by atoms with E-state index in [9.17, 15) is 4.79 Å². The maximum absolute atomic E-state index is 11.4. The number of halogens is 1. The van der Waals surface area contributed by atoms with Gasteiger partial charge in [-0.25, -0.2) is 0 Å². The molecule has 5 nitrogen and oxygen atoms in total. The molecule has 2 rings (SSSR count). The van der Waals surface area contributed by atoms with E-state index in [2.05, 4.69) is 19.2 Å². The number of nitrogens with two attached hydrogens (primary N) is 2. The third-order valence-electron chi connectivity index (χ3n) is 4.47. The minimum atomic E-state index is -0.395. The highest BCUT2D eigenvalue weighted by molar-refractivity contribution is 5.93. The van der Waals surface area contributed by atoms with Gasteiger partial charge in [0, 0.05) is 43.6 Å². The van der Waals surface area contributed by atoms with Crippen molar-refractivity contribution in [3.05, 3.63) is 34.9 Å². The fourth-order valence-electron chi connectivity index (χ4n) is 3.32. The zero-order chi connectivity index (χ0) is 15.6. The minimum absolute atomic E-state index is 0. The molecule has 0 heterocycles. The predicted octanol–water partition coefficient (Wildman–Crippen LogP) is 0.973. The fraction of sp³-hybridized carbons (Fsp3) is 0.562. The van der Waals surface area contributed by atoms with Gasteiger partial charge in [-0.3, -0.25) is 4.79 Å². The first-order valence-electron chi connectivity index (χ1n) is 7.31. The highest BCUT2D eigenvalue weighted by atomic mass is 35.5. The second-order valence-electron chi connectivity index (χ2n) is 6.16. The second-order valence-corrected chi connectivity index (χ2v) is 6.16. The van der Waals surface area contributed by atoms with E-state index in [1.165, 1.54) is 5.56 Å². The molecule has 1 aromatic carbocycles. The fourth-order valence-corrected chi connectivity index (χ4v) is 3.32. The molecule has 1 aliphatic rings. The van der Waals surface area contributed by atoms with Crippen LogP contribution in [-0.4, -0.2) is 38.3 Å². The standard InChI is InChI=1S/C16H25N3O2.ClH/c1-16(2)12-8-11(15(18)20)5-4-10(12)9-13(21-3)14(16)19-7-6-17;/h4-5,8,13-14,19H,6-7,9,17H2,1-3H3,(H2,18,20);1H. The van der Waals surface area contributed by atoms with Crippen molar-refractivity contribution < 1.29 is 9.53 Å². The summed E-state index contributed by atoms with van der Waals surface area (Å²) >= 11 is 0. The number of hydrogen-bond acceptors (Lipinski definition) is 4. The van der Waals surface area contributed by atoms with E-state index in [-0.39, 0.29) is 30.0 Å². The normalized spacial score (nSPS) is 22.5. The average Bonchev–Trinajstić information content (AvgIpc) is 2.45. The summed E-state index contributed by atoms with van der Waals surface area (Å²) in [5.74, 6) is -0.395. The molecule has 2 unspecified atom stereocenters. The molecular formula is C16H26ClN3O2. The zero-order valence-electron chi connectivity index (χ0n) is 13.4. The van der Waals surface area contributed by atoms with Crippen molar-refractivity contribution in [3.8, 4) is 0 Å². The third kappa shape index (κ3) is 3.43. The van der Waals surface area contributed by atoms with E-state index in [1.54, 1.807) is 13.2 Å². The Kier molecular flexibility index (Phi) is 6.38. The Bertz CT molecular complexity index is 534. The van der Waals surface area contributed by atoms with Crippen LogP contribution >= 0.6 is 12.4 Å². The molecular weight excluding hydrogens is 302 g/mol. The molecule has 0 saturated heterocycles. The van der Waals surface area contributed by atoms with E-state index < -0.39 is 5.91 Å². The number of primary amides is 1. The highest BCUT2D eigenvalue weighted by Gasteiger charge is 2.42. The van der Waals surface area contributed by atoms with E-state index in [4.69, 9.17) is 16.2 Å². The topological polar surface area (TPSA) is 90.4 Å². The van der Waals surface area contributed by atoms with Crippen molar-refractivity contribution in [3.63, 3.8) is 0 Å². The van der Waals surface area contributed by atoms with Gasteiger partial charge < -0.3 is 21.5 Å². The average molecular weight is 328 g/mol. The van der Waals surface area contributed by atoms with Crippen LogP contribution in [0.5, 0.6) is 0 Å². The molecule has 1 aliphatic carbocycles. The van der Waals surface area contributed by atoms with Gasteiger partial charge in [0.2, 0.25) is 5.91 Å². The minimum Gasteiger partial charge on any atom is -0.379 e. The largest absolute Gasteiger partial charge is 0.379 e. The summed E-state index contributed by atoms with van der Waals surface area (Å²) in [6.45, 7) is 5.64. The number of rotatable bonds is 5. The Balaban J connectivity index is 0.00000242. The van der Waals surface area contributed by atoms with Gasteiger partial charge in [-0.2, -0.15) is 0 Å². The Morgan fingerprint density at radius 3 is 2.68 bits per heavy atom. The Morgan fingerprint density at radius 2 is 2.14 bits per heavy atom. The van der Waals surface area contributed by atoms with E-state index in [1.807, 2.05) is 12.1 Å². The number of ether oxygens (including phenoxy) is 1. The molecule has 0 aromatic heterocycles. The maximum atomic E-state index is 11.4. The smallest absolute Gasteiger partial charge is 0.248 e. The van der Waals surface area contributed by atoms with Crippen molar-refractivity contribution >= 4 is 18.3 Å². The maximum Gasteiger partial charge on any atom is 0.248 e. The molecule has 6 heteroatoms. The molecule has 0 spiro atoms.